The average Bonchev–Trinajstić information content (AvgIpc) is 2.34. The normalized spacial score (nSPS) is 19.5. The minimum atomic E-state index is -3.75. The first-order valence-electron chi connectivity index (χ1n) is 5.78. The molecule has 0 saturated carbocycles. The number of hydrogen-bond donors (Lipinski definition) is 2. The van der Waals surface area contributed by atoms with E-state index in [-0.39, 0.29) is 23.4 Å². The highest BCUT2D eigenvalue weighted by Crippen LogP contribution is 2.36. The van der Waals surface area contributed by atoms with Crippen molar-refractivity contribution in [3.05, 3.63) is 29.3 Å². The van der Waals surface area contributed by atoms with Crippen molar-refractivity contribution < 1.29 is 23.1 Å². The zero-order chi connectivity index (χ0) is 15.3. The summed E-state index contributed by atoms with van der Waals surface area (Å²) in [4.78, 5) is 23.0. The molecule has 8 heteroatoms. The highest BCUT2D eigenvalue weighted by Gasteiger charge is 2.60. The highest BCUT2D eigenvalue weighted by atomic mass is 32.2. The zero-order valence-corrected chi connectivity index (χ0v) is 11.8. The minimum absolute atomic E-state index is 0.0274. The number of amides is 1. The lowest BCUT2D eigenvalue weighted by Gasteiger charge is -2.43. The Balaban J connectivity index is 2.41. The van der Waals surface area contributed by atoms with Crippen LogP contribution in [0, 0.1) is 0 Å². The Morgan fingerprint density at radius 2 is 2.00 bits per heavy atom. The standard InChI is InChI=1S/C12H14N2O5S/c1-12(2)11(17)14(20(12,18)19)6-7-4-3-5-8(13)9(7)10(15)16/h3-5H,6,13H2,1-2H3,(H,15,16). The Morgan fingerprint density at radius 1 is 1.40 bits per heavy atom. The quantitative estimate of drug-likeness (QED) is 0.781. The Kier molecular flexibility index (Phi) is 3.01. The molecular formula is C12H14N2O5S. The monoisotopic (exact) mass is 298 g/mol. The summed E-state index contributed by atoms with van der Waals surface area (Å²) in [5.41, 5.74) is 5.61. The van der Waals surface area contributed by atoms with Crippen LogP contribution in [0.2, 0.25) is 0 Å². The first-order chi connectivity index (χ1) is 9.10. The molecule has 2 rings (SSSR count). The molecule has 20 heavy (non-hydrogen) atoms. The Bertz CT molecular complexity index is 709. The van der Waals surface area contributed by atoms with E-state index in [1.54, 1.807) is 0 Å². The van der Waals surface area contributed by atoms with E-state index in [1.807, 2.05) is 0 Å². The van der Waals surface area contributed by atoms with Crippen molar-refractivity contribution in [2.24, 2.45) is 0 Å². The summed E-state index contributed by atoms with van der Waals surface area (Å²) in [6.07, 6.45) is 0. The number of nitrogen functional groups attached to an aromatic ring is 1. The van der Waals surface area contributed by atoms with E-state index in [0.717, 1.165) is 0 Å². The lowest BCUT2D eigenvalue weighted by molar-refractivity contribution is -0.132. The number of carboxylic acid groups (broad SMARTS) is 1. The summed E-state index contributed by atoms with van der Waals surface area (Å²) >= 11 is 0. The summed E-state index contributed by atoms with van der Waals surface area (Å²) in [6.45, 7) is 2.31. The zero-order valence-electron chi connectivity index (χ0n) is 11.0. The van der Waals surface area contributed by atoms with Crippen molar-refractivity contribution in [3.8, 4) is 0 Å². The predicted molar refractivity (Wildman–Crippen MR) is 71.4 cm³/mol. The summed E-state index contributed by atoms with van der Waals surface area (Å²) in [6, 6.07) is 4.36. The Morgan fingerprint density at radius 3 is 2.50 bits per heavy atom. The van der Waals surface area contributed by atoms with Crippen LogP contribution in [-0.2, 0) is 21.4 Å². The maximum atomic E-state index is 12.0. The van der Waals surface area contributed by atoms with Crippen LogP contribution in [-0.4, -0.2) is 34.5 Å². The van der Waals surface area contributed by atoms with Gasteiger partial charge >= 0.3 is 5.97 Å². The molecule has 1 fully saturated rings. The number of sulfonamides is 1. The molecule has 0 radical (unpaired) electrons. The number of benzene rings is 1. The third kappa shape index (κ3) is 1.75. The van der Waals surface area contributed by atoms with Gasteiger partial charge < -0.3 is 10.8 Å². The largest absolute Gasteiger partial charge is 0.478 e. The van der Waals surface area contributed by atoms with Crippen LogP contribution < -0.4 is 5.73 Å². The van der Waals surface area contributed by atoms with Crippen molar-refractivity contribution in [1.82, 2.24) is 4.31 Å². The minimum Gasteiger partial charge on any atom is -0.478 e. The molecule has 1 aliphatic rings. The topological polar surface area (TPSA) is 118 Å². The molecule has 3 N–H and O–H groups in total. The molecule has 0 aliphatic carbocycles. The van der Waals surface area contributed by atoms with E-state index in [0.29, 0.717) is 4.31 Å². The van der Waals surface area contributed by atoms with Gasteiger partial charge in [0.15, 0.2) is 4.75 Å². The van der Waals surface area contributed by atoms with Gasteiger partial charge in [-0.05, 0) is 25.5 Å². The second-order valence-corrected chi connectivity index (χ2v) is 7.43. The smallest absolute Gasteiger partial charge is 0.338 e. The summed E-state index contributed by atoms with van der Waals surface area (Å²) in [5, 5.41) is 9.12. The number of hydrogen-bond acceptors (Lipinski definition) is 5. The number of aromatic carboxylic acids is 1. The van der Waals surface area contributed by atoms with Crippen LogP contribution >= 0.6 is 0 Å². The molecule has 108 valence electrons. The van der Waals surface area contributed by atoms with Gasteiger partial charge in [0.05, 0.1) is 12.1 Å². The van der Waals surface area contributed by atoms with Gasteiger partial charge in [-0.15, -0.1) is 0 Å². The van der Waals surface area contributed by atoms with Crippen LogP contribution in [0.4, 0.5) is 5.69 Å². The third-order valence-corrected chi connectivity index (χ3v) is 5.73. The summed E-state index contributed by atoms with van der Waals surface area (Å²) < 4.78 is 23.2. The van der Waals surface area contributed by atoms with Gasteiger partial charge in [0.2, 0.25) is 0 Å². The van der Waals surface area contributed by atoms with Gasteiger partial charge in [0.1, 0.15) is 0 Å². The lowest BCUT2D eigenvalue weighted by Crippen LogP contribution is -2.66. The SMILES string of the molecule is CC1(C)C(=O)N(Cc2cccc(N)c2C(=O)O)S1(=O)=O. The number of carbonyl (C=O) groups is 2. The molecule has 0 atom stereocenters. The first-order valence-corrected chi connectivity index (χ1v) is 7.22. The van der Waals surface area contributed by atoms with Crippen molar-refractivity contribution in [1.29, 1.82) is 0 Å². The molecule has 7 nitrogen and oxygen atoms in total. The number of nitrogens with two attached hydrogens (primary N) is 1. The molecule has 1 aromatic rings. The van der Waals surface area contributed by atoms with Crippen LogP contribution in [0.5, 0.6) is 0 Å². The molecule has 1 heterocycles. The average molecular weight is 298 g/mol. The van der Waals surface area contributed by atoms with Gasteiger partial charge in [0, 0.05) is 5.69 Å². The van der Waals surface area contributed by atoms with E-state index < -0.39 is 26.6 Å². The highest BCUT2D eigenvalue weighted by molar-refractivity contribution is 7.94. The van der Waals surface area contributed by atoms with Crippen molar-refractivity contribution in [3.63, 3.8) is 0 Å². The summed E-state index contributed by atoms with van der Waals surface area (Å²) in [7, 11) is -3.75. The van der Waals surface area contributed by atoms with Gasteiger partial charge in [-0.25, -0.2) is 17.5 Å². The van der Waals surface area contributed by atoms with Gasteiger partial charge in [0.25, 0.3) is 15.9 Å². The maximum Gasteiger partial charge on any atom is 0.338 e. The summed E-state index contributed by atoms with van der Waals surface area (Å²) in [5.74, 6) is -1.82. The molecule has 0 unspecified atom stereocenters. The second kappa shape index (κ2) is 4.20. The fraction of sp³-hybridized carbons (Fsp3) is 0.333. The molecule has 0 spiro atoms. The molecular weight excluding hydrogens is 284 g/mol. The van der Waals surface area contributed by atoms with E-state index in [2.05, 4.69) is 0 Å². The molecule has 1 aromatic carbocycles. The maximum absolute atomic E-state index is 12.0. The van der Waals surface area contributed by atoms with Crippen LogP contribution in [0.25, 0.3) is 0 Å². The van der Waals surface area contributed by atoms with Crippen LogP contribution in [0.15, 0.2) is 18.2 Å². The Hall–Kier alpha value is -2.09. The molecule has 1 amide bonds. The van der Waals surface area contributed by atoms with Crippen molar-refractivity contribution >= 4 is 27.6 Å². The second-order valence-electron chi connectivity index (χ2n) is 5.01. The van der Waals surface area contributed by atoms with E-state index in [4.69, 9.17) is 10.8 Å². The van der Waals surface area contributed by atoms with E-state index in [9.17, 15) is 18.0 Å². The van der Waals surface area contributed by atoms with Gasteiger partial charge in [-0.3, -0.25) is 4.79 Å². The lowest BCUT2D eigenvalue weighted by atomic mass is 10.0. The van der Waals surface area contributed by atoms with Crippen LogP contribution in [0.3, 0.4) is 0 Å². The number of nitrogens with zero attached hydrogens (tertiary/aromatic N) is 1. The number of carbonyl (C=O) groups excluding carboxylic acids is 1. The van der Waals surface area contributed by atoms with Gasteiger partial charge in [-0.1, -0.05) is 12.1 Å². The van der Waals surface area contributed by atoms with E-state index in [1.165, 1.54) is 32.0 Å². The van der Waals surface area contributed by atoms with Crippen molar-refractivity contribution in [2.75, 3.05) is 5.73 Å². The number of rotatable bonds is 3. The van der Waals surface area contributed by atoms with Gasteiger partial charge in [-0.2, -0.15) is 0 Å². The number of anilines is 1. The Labute approximate surface area is 116 Å². The van der Waals surface area contributed by atoms with Crippen LogP contribution in [0.1, 0.15) is 29.8 Å². The van der Waals surface area contributed by atoms with Crippen molar-refractivity contribution in [2.45, 2.75) is 25.1 Å². The molecule has 0 aromatic heterocycles. The molecule has 1 saturated heterocycles. The first kappa shape index (κ1) is 14.3. The predicted octanol–water partition coefficient (Wildman–Crippen LogP) is 0.418. The number of carboxylic acids is 1. The fourth-order valence-corrected chi connectivity index (χ4v) is 3.59. The van der Waals surface area contributed by atoms with E-state index >= 15 is 0 Å². The molecule has 1 aliphatic heterocycles. The fourth-order valence-electron chi connectivity index (χ4n) is 2.08. The third-order valence-electron chi connectivity index (χ3n) is 3.39. The molecule has 0 bridgehead atoms.